The van der Waals surface area contributed by atoms with Crippen molar-refractivity contribution < 1.29 is 9.47 Å². The molecular weight excluding hydrogens is 358 g/mol. The molecule has 0 aliphatic carbocycles. The summed E-state index contributed by atoms with van der Waals surface area (Å²) in [5, 5.41) is 9.59. The molecule has 0 N–H and O–H groups in total. The number of nitrogens with zero attached hydrogens (tertiary/aromatic N) is 3. The molecule has 27 heavy (non-hydrogen) atoms. The molecule has 0 spiro atoms. The minimum atomic E-state index is 0.406. The van der Waals surface area contributed by atoms with Gasteiger partial charge in [0.25, 0.3) is 0 Å². The Hall–Kier alpha value is -2.47. The van der Waals surface area contributed by atoms with Gasteiger partial charge in [0.1, 0.15) is 18.1 Å². The molecule has 6 heteroatoms. The van der Waals surface area contributed by atoms with Crippen LogP contribution < -0.4 is 9.47 Å². The summed E-state index contributed by atoms with van der Waals surface area (Å²) in [6.07, 6.45) is 0. The zero-order valence-corrected chi connectivity index (χ0v) is 17.0. The average Bonchev–Trinajstić information content (AvgIpc) is 3.09. The van der Waals surface area contributed by atoms with Gasteiger partial charge in [-0.25, -0.2) is 0 Å². The molecule has 142 valence electrons. The molecule has 0 saturated heterocycles. The van der Waals surface area contributed by atoms with Gasteiger partial charge in [0.15, 0.2) is 11.0 Å². The molecule has 1 heterocycles. The molecule has 0 radical (unpaired) electrons. The van der Waals surface area contributed by atoms with Gasteiger partial charge < -0.3 is 14.0 Å². The Morgan fingerprint density at radius 2 is 1.85 bits per heavy atom. The molecule has 3 aromatic rings. The van der Waals surface area contributed by atoms with Crippen molar-refractivity contribution in [3.63, 3.8) is 0 Å². The van der Waals surface area contributed by atoms with Crippen molar-refractivity contribution in [2.24, 2.45) is 0 Å². The van der Waals surface area contributed by atoms with Crippen LogP contribution in [0.15, 0.2) is 47.6 Å². The molecular formula is C21H25N3O2S. The van der Waals surface area contributed by atoms with Gasteiger partial charge >= 0.3 is 0 Å². The van der Waals surface area contributed by atoms with E-state index in [1.54, 1.807) is 18.9 Å². The fourth-order valence-corrected chi connectivity index (χ4v) is 3.68. The third kappa shape index (κ3) is 4.83. The Morgan fingerprint density at radius 3 is 2.59 bits per heavy atom. The number of hydrogen-bond acceptors (Lipinski definition) is 5. The third-order valence-corrected chi connectivity index (χ3v) is 5.50. The number of hydrogen-bond donors (Lipinski definition) is 0. The molecule has 0 unspecified atom stereocenters. The number of methoxy groups -OCH3 is 1. The largest absolute Gasteiger partial charge is 0.497 e. The third-order valence-electron chi connectivity index (χ3n) is 4.46. The highest BCUT2D eigenvalue weighted by molar-refractivity contribution is 7.98. The predicted octanol–water partition coefficient (Wildman–Crippen LogP) is 4.79. The first-order valence-corrected chi connectivity index (χ1v) is 9.97. The maximum absolute atomic E-state index is 5.93. The molecule has 1 aromatic heterocycles. The lowest BCUT2D eigenvalue weighted by atomic mass is 10.1. The highest BCUT2D eigenvalue weighted by atomic mass is 32.2. The lowest BCUT2D eigenvalue weighted by Crippen LogP contribution is -2.07. The van der Waals surface area contributed by atoms with Crippen molar-refractivity contribution in [2.45, 2.75) is 44.8 Å². The molecule has 3 rings (SSSR count). The van der Waals surface area contributed by atoms with Crippen LogP contribution in [0.1, 0.15) is 29.4 Å². The summed E-state index contributed by atoms with van der Waals surface area (Å²) in [5.74, 6) is 3.37. The second kappa shape index (κ2) is 8.95. The highest BCUT2D eigenvalue weighted by Crippen LogP contribution is 2.25. The van der Waals surface area contributed by atoms with Gasteiger partial charge in [-0.05, 0) is 61.7 Å². The van der Waals surface area contributed by atoms with Gasteiger partial charge in [-0.1, -0.05) is 30.0 Å². The second-order valence-corrected chi connectivity index (χ2v) is 7.26. The Kier molecular flexibility index (Phi) is 6.40. The zero-order chi connectivity index (χ0) is 19.2. The Morgan fingerprint density at radius 1 is 1.00 bits per heavy atom. The van der Waals surface area contributed by atoms with Crippen LogP contribution >= 0.6 is 11.8 Å². The standard InChI is InChI=1S/C21H25N3O2S/c1-5-24-20(13-26-19-10-9-15(2)16(3)11-19)22-23-21(24)27-14-17-7-6-8-18(12-17)25-4/h6-12H,5,13-14H2,1-4H3. The maximum Gasteiger partial charge on any atom is 0.191 e. The van der Waals surface area contributed by atoms with Gasteiger partial charge in [-0.3, -0.25) is 0 Å². The van der Waals surface area contributed by atoms with Crippen LogP contribution in [-0.2, 0) is 18.9 Å². The van der Waals surface area contributed by atoms with E-state index < -0.39 is 0 Å². The smallest absolute Gasteiger partial charge is 0.191 e. The average molecular weight is 384 g/mol. The van der Waals surface area contributed by atoms with Gasteiger partial charge in [0.05, 0.1) is 7.11 Å². The van der Waals surface area contributed by atoms with Crippen LogP contribution in [0.5, 0.6) is 11.5 Å². The zero-order valence-electron chi connectivity index (χ0n) is 16.2. The quantitative estimate of drug-likeness (QED) is 0.523. The Balaban J connectivity index is 1.65. The number of ether oxygens (including phenoxy) is 2. The summed E-state index contributed by atoms with van der Waals surface area (Å²) in [5.41, 5.74) is 3.67. The number of rotatable bonds is 8. The number of aromatic nitrogens is 3. The van der Waals surface area contributed by atoms with Crippen molar-refractivity contribution in [3.8, 4) is 11.5 Å². The van der Waals surface area contributed by atoms with E-state index in [1.807, 2.05) is 24.3 Å². The molecule has 0 aliphatic rings. The summed E-state index contributed by atoms with van der Waals surface area (Å²) in [4.78, 5) is 0. The van der Waals surface area contributed by atoms with Crippen LogP contribution in [0.4, 0.5) is 0 Å². The Bertz CT molecular complexity index is 908. The number of aryl methyl sites for hydroxylation is 2. The van der Waals surface area contributed by atoms with Crippen LogP contribution in [0.25, 0.3) is 0 Å². The summed E-state index contributed by atoms with van der Waals surface area (Å²) >= 11 is 1.67. The van der Waals surface area contributed by atoms with E-state index in [9.17, 15) is 0 Å². The predicted molar refractivity (Wildman–Crippen MR) is 108 cm³/mol. The monoisotopic (exact) mass is 383 g/mol. The molecule has 0 bridgehead atoms. The van der Waals surface area contributed by atoms with Crippen LogP contribution in [0.2, 0.25) is 0 Å². The number of benzene rings is 2. The summed E-state index contributed by atoms with van der Waals surface area (Å²) in [6.45, 7) is 7.49. The van der Waals surface area contributed by atoms with Crippen LogP contribution in [0, 0.1) is 13.8 Å². The van der Waals surface area contributed by atoms with Crippen molar-refractivity contribution in [2.75, 3.05) is 7.11 Å². The highest BCUT2D eigenvalue weighted by Gasteiger charge is 2.12. The van der Waals surface area contributed by atoms with E-state index in [4.69, 9.17) is 9.47 Å². The van der Waals surface area contributed by atoms with Crippen molar-refractivity contribution >= 4 is 11.8 Å². The minimum absolute atomic E-state index is 0.406. The van der Waals surface area contributed by atoms with Gasteiger partial charge in [0.2, 0.25) is 0 Å². The lowest BCUT2D eigenvalue weighted by molar-refractivity contribution is 0.288. The maximum atomic E-state index is 5.93. The van der Waals surface area contributed by atoms with E-state index in [2.05, 4.69) is 53.7 Å². The van der Waals surface area contributed by atoms with Crippen molar-refractivity contribution in [1.82, 2.24) is 14.8 Å². The molecule has 0 fully saturated rings. The Labute approximate surface area is 164 Å². The lowest BCUT2D eigenvalue weighted by Gasteiger charge is -2.10. The number of thioether (sulfide) groups is 1. The second-order valence-electron chi connectivity index (χ2n) is 6.32. The fourth-order valence-electron chi connectivity index (χ4n) is 2.71. The van der Waals surface area contributed by atoms with Gasteiger partial charge in [-0.2, -0.15) is 0 Å². The molecule has 0 atom stereocenters. The summed E-state index contributed by atoms with van der Waals surface area (Å²) in [6, 6.07) is 14.2. The van der Waals surface area contributed by atoms with Gasteiger partial charge in [-0.15, -0.1) is 10.2 Å². The first-order chi connectivity index (χ1) is 13.1. The topological polar surface area (TPSA) is 49.2 Å². The summed E-state index contributed by atoms with van der Waals surface area (Å²) < 4.78 is 13.3. The minimum Gasteiger partial charge on any atom is -0.497 e. The molecule has 0 amide bonds. The molecule has 5 nitrogen and oxygen atoms in total. The normalized spacial score (nSPS) is 10.8. The van der Waals surface area contributed by atoms with Crippen molar-refractivity contribution in [3.05, 3.63) is 65.0 Å². The van der Waals surface area contributed by atoms with E-state index in [0.717, 1.165) is 34.8 Å². The van der Waals surface area contributed by atoms with Crippen molar-refractivity contribution in [1.29, 1.82) is 0 Å². The van der Waals surface area contributed by atoms with Crippen LogP contribution in [-0.4, -0.2) is 21.9 Å². The first kappa shape index (κ1) is 19.3. The molecule has 2 aromatic carbocycles. The first-order valence-electron chi connectivity index (χ1n) is 8.98. The van der Waals surface area contributed by atoms with E-state index in [0.29, 0.717) is 6.61 Å². The van der Waals surface area contributed by atoms with Crippen LogP contribution in [0.3, 0.4) is 0 Å². The fraction of sp³-hybridized carbons (Fsp3) is 0.333. The SMILES string of the molecule is CCn1c(COc2ccc(C)c(C)c2)nnc1SCc1cccc(OC)c1. The summed E-state index contributed by atoms with van der Waals surface area (Å²) in [7, 11) is 1.68. The van der Waals surface area contributed by atoms with Gasteiger partial charge in [0, 0.05) is 12.3 Å². The van der Waals surface area contributed by atoms with E-state index >= 15 is 0 Å². The van der Waals surface area contributed by atoms with E-state index in [-0.39, 0.29) is 0 Å². The molecule has 0 aliphatic heterocycles. The van der Waals surface area contributed by atoms with E-state index in [1.165, 1.54) is 16.7 Å². The molecule has 0 saturated carbocycles.